The van der Waals surface area contributed by atoms with Crippen molar-refractivity contribution in [2.75, 3.05) is 6.54 Å². The molecule has 1 aromatic heterocycles. The van der Waals surface area contributed by atoms with E-state index in [0.717, 1.165) is 57.3 Å². The summed E-state index contributed by atoms with van der Waals surface area (Å²) >= 11 is 12.2. The Bertz CT molecular complexity index is 1150. The van der Waals surface area contributed by atoms with Crippen molar-refractivity contribution in [3.05, 3.63) is 82.5 Å². The molecule has 1 aliphatic heterocycles. The number of ether oxygens (including phenoxy) is 1. The monoisotopic (exact) mass is 555 g/mol. The van der Waals surface area contributed by atoms with Gasteiger partial charge in [-0.15, -0.1) is 0 Å². The van der Waals surface area contributed by atoms with E-state index in [1.165, 1.54) is 0 Å². The summed E-state index contributed by atoms with van der Waals surface area (Å²) in [4.78, 5) is 1.16. The van der Waals surface area contributed by atoms with Gasteiger partial charge in [-0.3, -0.25) is 0 Å². The lowest BCUT2D eigenvalue weighted by atomic mass is 10.3. The number of allylic oxidation sites excluding steroid dienone is 4. The average molecular weight is 556 g/mol. The standard InChI is InChI=1S/C23H21Cl2N2O2.HI/c1-3-26-18-14-16(24)10-12-20(18)28-22(26)8-6-5-7-9-23-27(4-2)19-15-17(25)11-13-21(19)29-23;/h5-15H,3-4H2,1-2H3;1H/q+1;. The van der Waals surface area contributed by atoms with Crippen LogP contribution in [0.3, 0.4) is 0 Å². The molecule has 2 heterocycles. The minimum atomic E-state index is 0. The van der Waals surface area contributed by atoms with Crippen LogP contribution in [-0.2, 0) is 6.54 Å². The number of hydrogen-bond donors (Lipinski definition) is 1. The smallest absolute Gasteiger partial charge is 0.374 e. The Morgan fingerprint density at radius 2 is 1.77 bits per heavy atom. The Labute approximate surface area is 203 Å². The highest BCUT2D eigenvalue weighted by molar-refractivity contribution is 6.31. The quantitative estimate of drug-likeness (QED) is 0.297. The minimum Gasteiger partial charge on any atom is -1.00 e. The molecule has 0 amide bonds. The van der Waals surface area contributed by atoms with Crippen LogP contribution >= 0.6 is 23.2 Å². The van der Waals surface area contributed by atoms with Crippen LogP contribution < -0.4 is 38.2 Å². The lowest BCUT2D eigenvalue weighted by Gasteiger charge is -2.07. The van der Waals surface area contributed by atoms with E-state index in [0.29, 0.717) is 5.02 Å². The largest absolute Gasteiger partial charge is 1.00 e. The van der Waals surface area contributed by atoms with Crippen LogP contribution in [0.5, 0.6) is 5.75 Å². The van der Waals surface area contributed by atoms with Gasteiger partial charge in [-0.2, -0.15) is 4.57 Å². The number of aromatic nitrogens is 1. The van der Waals surface area contributed by atoms with Crippen molar-refractivity contribution in [1.29, 1.82) is 0 Å². The molecular weight excluding hydrogens is 534 g/mol. The molecule has 0 saturated carbocycles. The normalized spacial score (nSPS) is 17.1. The number of nitrogens with zero attached hydrogens (tertiary/aromatic N) is 1. The molecule has 2 aromatic carbocycles. The van der Waals surface area contributed by atoms with Crippen molar-refractivity contribution in [2.45, 2.75) is 20.4 Å². The van der Waals surface area contributed by atoms with Crippen LogP contribution in [0.2, 0.25) is 10.0 Å². The fourth-order valence-electron chi connectivity index (χ4n) is 3.51. The lowest BCUT2D eigenvalue weighted by molar-refractivity contribution is -0.793. The molecular formula is C23H22Cl2IN2O2+. The van der Waals surface area contributed by atoms with Crippen molar-refractivity contribution in [3.8, 4) is 5.75 Å². The van der Waals surface area contributed by atoms with Crippen molar-refractivity contribution in [2.24, 2.45) is 0 Å². The van der Waals surface area contributed by atoms with Crippen LogP contribution in [0, 0.1) is 0 Å². The maximum Gasteiger partial charge on any atom is 0.374 e. The summed E-state index contributed by atoms with van der Waals surface area (Å²) in [5.74, 6) is 2.49. The molecule has 7 heteroatoms. The molecule has 1 atom stereocenters. The second kappa shape index (κ2) is 10.0. The molecule has 156 valence electrons. The molecule has 30 heavy (non-hydrogen) atoms. The fourth-order valence-corrected chi connectivity index (χ4v) is 3.85. The van der Waals surface area contributed by atoms with Crippen molar-refractivity contribution in [3.63, 3.8) is 0 Å². The topological polar surface area (TPSA) is 30.7 Å². The van der Waals surface area contributed by atoms with Gasteiger partial charge >= 0.3 is 11.8 Å². The summed E-state index contributed by atoms with van der Waals surface area (Å²) in [6.07, 6.45) is 9.79. The van der Waals surface area contributed by atoms with Gasteiger partial charge in [-0.05, 0) is 38.1 Å². The number of hydrogen-bond acceptors (Lipinski definition) is 2. The summed E-state index contributed by atoms with van der Waals surface area (Å²) in [6, 6.07) is 11.4. The highest BCUT2D eigenvalue weighted by atomic mass is 127. The van der Waals surface area contributed by atoms with Gasteiger partial charge in [0.2, 0.25) is 5.58 Å². The number of nitrogens with one attached hydrogen (secondary N) is 1. The molecule has 0 spiro atoms. The summed E-state index contributed by atoms with van der Waals surface area (Å²) in [5, 5.41) is 1.42. The molecule has 0 saturated heterocycles. The average Bonchev–Trinajstić information content (AvgIpc) is 3.23. The van der Waals surface area contributed by atoms with E-state index in [1.54, 1.807) is 0 Å². The molecule has 0 radical (unpaired) electrons. The highest BCUT2D eigenvalue weighted by Gasteiger charge is 2.30. The van der Waals surface area contributed by atoms with Crippen LogP contribution in [0.25, 0.3) is 17.2 Å². The van der Waals surface area contributed by atoms with Gasteiger partial charge < -0.3 is 33.1 Å². The van der Waals surface area contributed by atoms with Gasteiger partial charge in [0.05, 0.1) is 12.6 Å². The molecule has 0 aliphatic carbocycles. The zero-order valence-corrected chi connectivity index (χ0v) is 20.3. The number of aryl methyl sites for hydroxylation is 1. The van der Waals surface area contributed by atoms with Gasteiger partial charge in [0.1, 0.15) is 6.54 Å². The third kappa shape index (κ3) is 4.59. The van der Waals surface area contributed by atoms with E-state index in [2.05, 4.69) is 18.4 Å². The lowest BCUT2D eigenvalue weighted by Crippen LogP contribution is -3.04. The van der Waals surface area contributed by atoms with Crippen molar-refractivity contribution >= 4 is 46.1 Å². The van der Waals surface area contributed by atoms with Crippen LogP contribution in [0.1, 0.15) is 19.7 Å². The Balaban J connectivity index is 0.00000256. The summed E-state index contributed by atoms with van der Waals surface area (Å²) in [6.45, 7) is 5.87. The number of halogens is 3. The zero-order valence-electron chi connectivity index (χ0n) is 16.7. The summed E-state index contributed by atoms with van der Waals surface area (Å²) in [7, 11) is 0. The van der Waals surface area contributed by atoms with E-state index in [4.69, 9.17) is 32.4 Å². The summed E-state index contributed by atoms with van der Waals surface area (Å²) < 4.78 is 14.0. The second-order valence-electron chi connectivity index (χ2n) is 6.65. The molecule has 4 nitrogen and oxygen atoms in total. The second-order valence-corrected chi connectivity index (χ2v) is 7.52. The highest BCUT2D eigenvalue weighted by Crippen LogP contribution is 2.30. The number of fused-ring (bicyclic) bond motifs is 2. The Kier molecular flexibility index (Phi) is 7.63. The van der Waals surface area contributed by atoms with E-state index in [-0.39, 0.29) is 24.0 Å². The maximum atomic E-state index is 6.13. The molecule has 3 aromatic rings. The van der Waals surface area contributed by atoms with Crippen LogP contribution in [-0.4, -0.2) is 6.54 Å². The Hall–Kier alpha value is -1.80. The molecule has 1 aliphatic rings. The maximum absolute atomic E-state index is 6.13. The Morgan fingerprint density at radius 1 is 1.00 bits per heavy atom. The van der Waals surface area contributed by atoms with E-state index >= 15 is 0 Å². The predicted molar refractivity (Wildman–Crippen MR) is 117 cm³/mol. The van der Waals surface area contributed by atoms with E-state index in [9.17, 15) is 0 Å². The van der Waals surface area contributed by atoms with Crippen molar-refractivity contribution < 1.29 is 42.6 Å². The molecule has 0 bridgehead atoms. The molecule has 1 N–H and O–H groups in total. The predicted octanol–water partition coefficient (Wildman–Crippen LogP) is 2.09. The first-order chi connectivity index (χ1) is 14.1. The van der Waals surface area contributed by atoms with Gasteiger partial charge in [-0.1, -0.05) is 41.4 Å². The van der Waals surface area contributed by atoms with Crippen LogP contribution in [0.4, 0.5) is 5.69 Å². The van der Waals surface area contributed by atoms with Gasteiger partial charge in [0, 0.05) is 28.3 Å². The number of oxazole rings is 1. The summed E-state index contributed by atoms with van der Waals surface area (Å²) in [5.41, 5.74) is 2.88. The van der Waals surface area contributed by atoms with E-state index < -0.39 is 0 Å². The van der Waals surface area contributed by atoms with Gasteiger partial charge in [0.25, 0.3) is 5.52 Å². The third-order valence-electron chi connectivity index (χ3n) is 4.85. The number of benzene rings is 2. The first-order valence-electron chi connectivity index (χ1n) is 9.61. The first kappa shape index (κ1) is 22.9. The molecule has 1 unspecified atom stereocenters. The van der Waals surface area contributed by atoms with Crippen molar-refractivity contribution in [1.82, 2.24) is 0 Å². The first-order valence-corrected chi connectivity index (χ1v) is 10.4. The van der Waals surface area contributed by atoms with Gasteiger partial charge in [-0.25, -0.2) is 4.90 Å². The Morgan fingerprint density at radius 3 is 2.53 bits per heavy atom. The van der Waals surface area contributed by atoms with Crippen LogP contribution in [0.15, 0.2) is 71.0 Å². The minimum absolute atomic E-state index is 0. The van der Waals surface area contributed by atoms with E-state index in [1.807, 2.05) is 66.8 Å². The molecule has 0 fully saturated rings. The fraction of sp³-hybridized carbons (Fsp3) is 0.174. The SMILES string of the molecule is CC[n+]1c(C=CC=CC=C2Oc3ccc(Cl)cc3[NH+]2CC)oc2ccc(Cl)cc21.[I-]. The molecule has 4 rings (SSSR count). The third-order valence-corrected chi connectivity index (χ3v) is 5.33. The zero-order chi connectivity index (χ0) is 20.4. The van der Waals surface area contributed by atoms with Gasteiger partial charge in [0.15, 0.2) is 11.4 Å². The number of rotatable bonds is 5. The number of quaternary nitrogens is 1.